The number of amides is 2. The molecule has 30 heavy (non-hydrogen) atoms. The molecule has 3 aliphatic heterocycles. The van der Waals surface area contributed by atoms with E-state index in [9.17, 15) is 9.59 Å². The van der Waals surface area contributed by atoms with E-state index in [-0.39, 0.29) is 24.2 Å². The highest BCUT2D eigenvalue weighted by molar-refractivity contribution is 6.00. The average Bonchev–Trinajstić information content (AvgIpc) is 3.20. The Morgan fingerprint density at radius 3 is 2.50 bits per heavy atom. The minimum Gasteiger partial charge on any atom is -0.486 e. The number of aromatic nitrogens is 2. The molecule has 2 fully saturated rings. The molecule has 0 N–H and O–H groups in total. The number of rotatable bonds is 3. The maximum absolute atomic E-state index is 13.1. The molecule has 2 amide bonds. The fraction of sp³-hybridized carbons (Fsp3) is 0.429. The lowest BCUT2D eigenvalue weighted by atomic mass is 10.1. The molecule has 0 saturated carbocycles. The predicted octanol–water partition coefficient (Wildman–Crippen LogP) is 0.949. The van der Waals surface area contributed by atoms with E-state index in [1.165, 1.54) is 0 Å². The highest BCUT2D eigenvalue weighted by atomic mass is 16.6. The molecule has 0 aliphatic carbocycles. The van der Waals surface area contributed by atoms with Gasteiger partial charge in [0.1, 0.15) is 13.2 Å². The molecule has 9 heteroatoms. The molecular weight excluding hydrogens is 386 g/mol. The summed E-state index contributed by atoms with van der Waals surface area (Å²) < 4.78 is 11.2. The zero-order valence-corrected chi connectivity index (χ0v) is 16.6. The van der Waals surface area contributed by atoms with Gasteiger partial charge in [-0.05, 0) is 18.2 Å². The second-order valence-corrected chi connectivity index (χ2v) is 7.59. The molecular formula is C21H23N5O4. The number of ether oxygens (including phenoxy) is 2. The zero-order chi connectivity index (χ0) is 20.5. The molecule has 9 nitrogen and oxygen atoms in total. The Morgan fingerprint density at radius 1 is 1.00 bits per heavy atom. The molecule has 1 aromatic heterocycles. The summed E-state index contributed by atoms with van der Waals surface area (Å²) in [5, 5.41) is 0. The average molecular weight is 409 g/mol. The van der Waals surface area contributed by atoms with Crippen molar-refractivity contribution < 1.29 is 19.1 Å². The summed E-state index contributed by atoms with van der Waals surface area (Å²) in [4.78, 5) is 39.8. The second-order valence-electron chi connectivity index (χ2n) is 7.59. The van der Waals surface area contributed by atoms with Crippen LogP contribution in [0.1, 0.15) is 6.42 Å². The number of fused-ring (bicyclic) bond motifs is 1. The summed E-state index contributed by atoms with van der Waals surface area (Å²) in [6.07, 6.45) is 3.67. The van der Waals surface area contributed by atoms with Crippen LogP contribution in [0.3, 0.4) is 0 Å². The van der Waals surface area contributed by atoms with Crippen LogP contribution in [-0.2, 0) is 9.59 Å². The first-order valence-electron chi connectivity index (χ1n) is 10.2. The van der Waals surface area contributed by atoms with Crippen molar-refractivity contribution in [1.82, 2.24) is 14.9 Å². The number of carbonyl (C=O) groups is 2. The number of piperazine rings is 1. The Hall–Kier alpha value is -3.36. The summed E-state index contributed by atoms with van der Waals surface area (Å²) in [5.41, 5.74) is 0.741. The number of hydrogen-bond donors (Lipinski definition) is 0. The lowest BCUT2D eigenvalue weighted by Crippen LogP contribution is -2.51. The van der Waals surface area contributed by atoms with Gasteiger partial charge in [-0.1, -0.05) is 0 Å². The van der Waals surface area contributed by atoms with Gasteiger partial charge in [0.2, 0.25) is 17.8 Å². The van der Waals surface area contributed by atoms with Crippen LogP contribution < -0.4 is 19.3 Å². The third kappa shape index (κ3) is 3.51. The third-order valence-corrected chi connectivity index (χ3v) is 5.74. The van der Waals surface area contributed by atoms with Gasteiger partial charge in [-0.15, -0.1) is 0 Å². The van der Waals surface area contributed by atoms with E-state index in [0.717, 1.165) is 5.69 Å². The van der Waals surface area contributed by atoms with Crippen molar-refractivity contribution in [3.8, 4) is 11.5 Å². The van der Waals surface area contributed by atoms with Crippen LogP contribution in [0.25, 0.3) is 0 Å². The Kier molecular flexibility index (Phi) is 4.86. The molecule has 1 atom stereocenters. The summed E-state index contributed by atoms with van der Waals surface area (Å²) >= 11 is 0. The quantitative estimate of drug-likeness (QED) is 0.746. The van der Waals surface area contributed by atoms with Gasteiger partial charge in [0, 0.05) is 63.3 Å². The Morgan fingerprint density at radius 2 is 1.73 bits per heavy atom. The van der Waals surface area contributed by atoms with Crippen LogP contribution in [-0.4, -0.2) is 72.6 Å². The van der Waals surface area contributed by atoms with E-state index in [1.54, 1.807) is 23.4 Å². The van der Waals surface area contributed by atoms with Crippen LogP contribution in [0.15, 0.2) is 36.7 Å². The van der Waals surface area contributed by atoms with Crippen LogP contribution in [0.5, 0.6) is 11.5 Å². The van der Waals surface area contributed by atoms with Crippen molar-refractivity contribution in [2.75, 3.05) is 55.7 Å². The molecule has 4 heterocycles. The van der Waals surface area contributed by atoms with E-state index in [1.807, 2.05) is 23.1 Å². The maximum Gasteiger partial charge on any atom is 0.228 e. The summed E-state index contributed by atoms with van der Waals surface area (Å²) in [7, 11) is 0. The highest BCUT2D eigenvalue weighted by Gasteiger charge is 2.38. The van der Waals surface area contributed by atoms with Gasteiger partial charge < -0.3 is 24.2 Å². The van der Waals surface area contributed by atoms with Crippen LogP contribution in [0.4, 0.5) is 11.6 Å². The highest BCUT2D eigenvalue weighted by Crippen LogP contribution is 2.36. The molecule has 5 rings (SSSR count). The molecule has 156 valence electrons. The van der Waals surface area contributed by atoms with Gasteiger partial charge in [0.25, 0.3) is 0 Å². The first-order chi connectivity index (χ1) is 14.7. The van der Waals surface area contributed by atoms with Crippen LogP contribution in [0.2, 0.25) is 0 Å². The van der Waals surface area contributed by atoms with Crippen molar-refractivity contribution in [3.05, 3.63) is 36.7 Å². The Labute approximate surface area is 174 Å². The number of anilines is 2. The Balaban J connectivity index is 1.22. The molecule has 3 aliphatic rings. The van der Waals surface area contributed by atoms with Crippen LogP contribution >= 0.6 is 0 Å². The van der Waals surface area contributed by atoms with Crippen molar-refractivity contribution in [3.63, 3.8) is 0 Å². The van der Waals surface area contributed by atoms with Crippen molar-refractivity contribution in [1.29, 1.82) is 0 Å². The van der Waals surface area contributed by atoms with E-state index < -0.39 is 0 Å². The standard InChI is InChI=1S/C21H23N5O4/c27-19-12-15(14-26(19)16-2-3-17-18(13-16)30-11-10-29-17)20(28)24-6-8-25(9-7-24)21-22-4-1-5-23-21/h1-5,13,15H,6-12,14H2/t15-/m0/s1. The predicted molar refractivity (Wildman–Crippen MR) is 109 cm³/mol. The smallest absolute Gasteiger partial charge is 0.228 e. The number of hydrogen-bond acceptors (Lipinski definition) is 7. The van der Waals surface area contributed by atoms with E-state index >= 15 is 0 Å². The Bertz CT molecular complexity index is 946. The van der Waals surface area contributed by atoms with Crippen molar-refractivity contribution in [2.24, 2.45) is 5.92 Å². The van der Waals surface area contributed by atoms with E-state index in [4.69, 9.17) is 9.47 Å². The summed E-state index contributed by atoms with van der Waals surface area (Å²) in [6.45, 7) is 3.97. The first kappa shape index (κ1) is 18.7. The van der Waals surface area contributed by atoms with Gasteiger partial charge in [0.05, 0.1) is 5.92 Å². The molecule has 0 spiro atoms. The molecule has 2 aromatic rings. The fourth-order valence-corrected chi connectivity index (χ4v) is 4.16. The topological polar surface area (TPSA) is 88.1 Å². The lowest BCUT2D eigenvalue weighted by Gasteiger charge is -2.35. The summed E-state index contributed by atoms with van der Waals surface area (Å²) in [5.74, 6) is 1.68. The van der Waals surface area contributed by atoms with Crippen LogP contribution in [0, 0.1) is 5.92 Å². The summed E-state index contributed by atoms with van der Waals surface area (Å²) in [6, 6.07) is 7.26. The van der Waals surface area contributed by atoms with Gasteiger partial charge in [-0.2, -0.15) is 0 Å². The maximum atomic E-state index is 13.1. The van der Waals surface area contributed by atoms with Crippen molar-refractivity contribution >= 4 is 23.5 Å². The van der Waals surface area contributed by atoms with Gasteiger partial charge in [-0.25, -0.2) is 9.97 Å². The lowest BCUT2D eigenvalue weighted by molar-refractivity contribution is -0.136. The minimum absolute atomic E-state index is 0.0389. The molecule has 1 aromatic carbocycles. The largest absolute Gasteiger partial charge is 0.486 e. The normalized spacial score (nSPS) is 21.1. The monoisotopic (exact) mass is 409 g/mol. The van der Waals surface area contributed by atoms with E-state index in [2.05, 4.69) is 14.9 Å². The van der Waals surface area contributed by atoms with E-state index in [0.29, 0.717) is 63.4 Å². The number of nitrogens with zero attached hydrogens (tertiary/aromatic N) is 5. The van der Waals surface area contributed by atoms with Gasteiger partial charge >= 0.3 is 0 Å². The molecule has 2 saturated heterocycles. The number of carbonyl (C=O) groups excluding carboxylic acids is 2. The zero-order valence-electron chi connectivity index (χ0n) is 16.6. The third-order valence-electron chi connectivity index (χ3n) is 5.74. The van der Waals surface area contributed by atoms with Gasteiger partial charge in [-0.3, -0.25) is 9.59 Å². The number of benzene rings is 1. The molecule has 0 radical (unpaired) electrons. The van der Waals surface area contributed by atoms with Crippen molar-refractivity contribution in [2.45, 2.75) is 6.42 Å². The van der Waals surface area contributed by atoms with Gasteiger partial charge in [0.15, 0.2) is 11.5 Å². The molecule has 0 bridgehead atoms. The fourth-order valence-electron chi connectivity index (χ4n) is 4.16. The second kappa shape index (κ2) is 7.81. The molecule has 0 unspecified atom stereocenters. The minimum atomic E-state index is -0.328. The first-order valence-corrected chi connectivity index (χ1v) is 10.2. The SMILES string of the molecule is O=C([C@H]1CC(=O)N(c2ccc3c(c2)OCCO3)C1)N1CCN(c2ncccn2)CC1.